The van der Waals surface area contributed by atoms with E-state index in [9.17, 15) is 4.39 Å². The minimum Gasteiger partial charge on any atom is -0.380 e. The van der Waals surface area contributed by atoms with E-state index < -0.39 is 0 Å². The topological polar surface area (TPSA) is 21.3 Å². The fourth-order valence-electron chi connectivity index (χ4n) is 2.03. The Morgan fingerprint density at radius 1 is 1.53 bits per heavy atom. The van der Waals surface area contributed by atoms with Gasteiger partial charge >= 0.3 is 0 Å². The maximum atomic E-state index is 13.6. The Morgan fingerprint density at radius 2 is 2.40 bits per heavy atom. The van der Waals surface area contributed by atoms with Crippen molar-refractivity contribution in [3.63, 3.8) is 0 Å². The van der Waals surface area contributed by atoms with E-state index >= 15 is 0 Å². The Morgan fingerprint density at radius 3 is 3.00 bits per heavy atom. The fourth-order valence-corrected chi connectivity index (χ4v) is 2.03. The second kappa shape index (κ2) is 4.73. The molecule has 0 aliphatic carbocycles. The van der Waals surface area contributed by atoms with Gasteiger partial charge in [0.05, 0.1) is 6.61 Å². The molecule has 0 spiro atoms. The second-order valence-electron chi connectivity index (χ2n) is 3.97. The quantitative estimate of drug-likeness (QED) is 0.822. The predicted molar refractivity (Wildman–Crippen MR) is 57.3 cm³/mol. The molecule has 1 heterocycles. The molecule has 0 saturated carbocycles. The van der Waals surface area contributed by atoms with Gasteiger partial charge in [0.2, 0.25) is 0 Å². The highest BCUT2D eigenvalue weighted by atomic mass is 19.1. The lowest BCUT2D eigenvalue weighted by atomic mass is 9.97. The first-order valence-electron chi connectivity index (χ1n) is 5.29. The van der Waals surface area contributed by atoms with Crippen molar-refractivity contribution in [2.75, 3.05) is 20.2 Å². The van der Waals surface area contributed by atoms with E-state index in [4.69, 9.17) is 4.74 Å². The first-order valence-corrected chi connectivity index (χ1v) is 5.29. The SMILES string of the molecule is COCc1ccc(C2CCNC2)cc1F. The molecule has 0 bridgehead atoms. The number of hydrogen-bond donors (Lipinski definition) is 1. The van der Waals surface area contributed by atoms with Crippen molar-refractivity contribution in [2.24, 2.45) is 0 Å². The Hall–Kier alpha value is -0.930. The molecular formula is C12H16FNO. The highest BCUT2D eigenvalue weighted by Crippen LogP contribution is 2.24. The van der Waals surface area contributed by atoms with E-state index in [0.29, 0.717) is 18.1 Å². The summed E-state index contributed by atoms with van der Waals surface area (Å²) in [5.74, 6) is 0.317. The summed E-state index contributed by atoms with van der Waals surface area (Å²) in [5, 5.41) is 3.28. The molecule has 0 radical (unpaired) electrons. The van der Waals surface area contributed by atoms with Gasteiger partial charge in [0, 0.05) is 19.2 Å². The van der Waals surface area contributed by atoms with E-state index in [0.717, 1.165) is 25.1 Å². The van der Waals surface area contributed by atoms with Gasteiger partial charge in [0.25, 0.3) is 0 Å². The average molecular weight is 209 g/mol. The van der Waals surface area contributed by atoms with Crippen molar-refractivity contribution in [1.29, 1.82) is 0 Å². The number of ether oxygens (including phenoxy) is 1. The first-order chi connectivity index (χ1) is 7.31. The molecule has 1 saturated heterocycles. The summed E-state index contributed by atoms with van der Waals surface area (Å²) in [7, 11) is 1.58. The summed E-state index contributed by atoms with van der Waals surface area (Å²) in [4.78, 5) is 0. The molecule has 3 heteroatoms. The smallest absolute Gasteiger partial charge is 0.129 e. The summed E-state index contributed by atoms with van der Waals surface area (Å²) >= 11 is 0. The van der Waals surface area contributed by atoms with Crippen molar-refractivity contribution in [3.8, 4) is 0 Å². The first kappa shape index (κ1) is 10.6. The van der Waals surface area contributed by atoms with Crippen LogP contribution < -0.4 is 5.32 Å². The molecule has 1 aromatic carbocycles. The lowest BCUT2D eigenvalue weighted by Crippen LogP contribution is -2.08. The monoisotopic (exact) mass is 209 g/mol. The molecule has 1 aromatic rings. The third-order valence-electron chi connectivity index (χ3n) is 2.91. The Kier molecular flexibility index (Phi) is 3.34. The van der Waals surface area contributed by atoms with Crippen LogP contribution in [0.1, 0.15) is 23.5 Å². The zero-order valence-electron chi connectivity index (χ0n) is 8.92. The van der Waals surface area contributed by atoms with Crippen LogP contribution in [0.3, 0.4) is 0 Å². The van der Waals surface area contributed by atoms with E-state index in [2.05, 4.69) is 5.32 Å². The van der Waals surface area contributed by atoms with Crippen molar-refractivity contribution >= 4 is 0 Å². The van der Waals surface area contributed by atoms with E-state index in [-0.39, 0.29) is 5.82 Å². The van der Waals surface area contributed by atoms with Crippen molar-refractivity contribution in [2.45, 2.75) is 18.9 Å². The van der Waals surface area contributed by atoms with E-state index in [1.54, 1.807) is 13.2 Å². The van der Waals surface area contributed by atoms with E-state index in [1.807, 2.05) is 12.1 Å². The zero-order valence-corrected chi connectivity index (χ0v) is 8.92. The maximum absolute atomic E-state index is 13.6. The van der Waals surface area contributed by atoms with Crippen molar-refractivity contribution in [3.05, 3.63) is 35.1 Å². The highest BCUT2D eigenvalue weighted by Gasteiger charge is 2.17. The molecule has 1 atom stereocenters. The molecule has 1 aliphatic heterocycles. The number of benzene rings is 1. The zero-order chi connectivity index (χ0) is 10.7. The van der Waals surface area contributed by atoms with Crippen LogP contribution in [0.15, 0.2) is 18.2 Å². The van der Waals surface area contributed by atoms with Crippen LogP contribution >= 0.6 is 0 Å². The Labute approximate surface area is 89.4 Å². The average Bonchev–Trinajstić information content (AvgIpc) is 2.74. The van der Waals surface area contributed by atoms with Crippen molar-refractivity contribution in [1.82, 2.24) is 5.32 Å². The van der Waals surface area contributed by atoms with Gasteiger partial charge in [-0.25, -0.2) is 4.39 Å². The largest absolute Gasteiger partial charge is 0.380 e. The summed E-state index contributed by atoms with van der Waals surface area (Å²) in [6.45, 7) is 2.34. The van der Waals surface area contributed by atoms with Crippen LogP contribution in [0.25, 0.3) is 0 Å². The van der Waals surface area contributed by atoms with Crippen LogP contribution in [-0.2, 0) is 11.3 Å². The molecule has 0 amide bonds. The van der Waals surface area contributed by atoms with Crippen LogP contribution in [-0.4, -0.2) is 20.2 Å². The lowest BCUT2D eigenvalue weighted by molar-refractivity contribution is 0.181. The van der Waals surface area contributed by atoms with Gasteiger partial charge in [-0.15, -0.1) is 0 Å². The van der Waals surface area contributed by atoms with Gasteiger partial charge in [0.1, 0.15) is 5.82 Å². The minimum atomic E-state index is -0.152. The third-order valence-corrected chi connectivity index (χ3v) is 2.91. The predicted octanol–water partition coefficient (Wildman–Crippen LogP) is 2.05. The normalized spacial score (nSPS) is 20.8. The van der Waals surface area contributed by atoms with Gasteiger partial charge in [0.15, 0.2) is 0 Å². The molecule has 1 unspecified atom stereocenters. The molecule has 1 aliphatic rings. The van der Waals surface area contributed by atoms with Gasteiger partial charge in [-0.05, 0) is 30.5 Å². The van der Waals surface area contributed by atoms with Crippen LogP contribution in [0, 0.1) is 5.82 Å². The number of rotatable bonds is 3. The van der Waals surface area contributed by atoms with Gasteiger partial charge < -0.3 is 10.1 Å². The minimum absolute atomic E-state index is 0.152. The number of nitrogens with one attached hydrogen (secondary N) is 1. The Balaban J connectivity index is 2.16. The molecule has 0 aromatic heterocycles. The highest BCUT2D eigenvalue weighted by molar-refractivity contribution is 5.27. The molecule has 1 N–H and O–H groups in total. The molecule has 2 rings (SSSR count). The number of hydrogen-bond acceptors (Lipinski definition) is 2. The molecule has 1 fully saturated rings. The molecular weight excluding hydrogens is 193 g/mol. The molecule has 15 heavy (non-hydrogen) atoms. The number of methoxy groups -OCH3 is 1. The lowest BCUT2D eigenvalue weighted by Gasteiger charge is -2.10. The van der Waals surface area contributed by atoms with Crippen LogP contribution in [0.5, 0.6) is 0 Å². The molecule has 2 nitrogen and oxygen atoms in total. The summed E-state index contributed by atoms with van der Waals surface area (Å²) in [6.07, 6.45) is 1.10. The summed E-state index contributed by atoms with van der Waals surface area (Å²) < 4.78 is 18.5. The summed E-state index contributed by atoms with van der Waals surface area (Å²) in [6, 6.07) is 5.48. The van der Waals surface area contributed by atoms with Gasteiger partial charge in [-0.3, -0.25) is 0 Å². The van der Waals surface area contributed by atoms with Crippen molar-refractivity contribution < 1.29 is 9.13 Å². The Bertz CT molecular complexity index is 334. The fraction of sp³-hybridized carbons (Fsp3) is 0.500. The number of halogens is 1. The van der Waals surface area contributed by atoms with E-state index in [1.165, 1.54) is 0 Å². The van der Waals surface area contributed by atoms with Gasteiger partial charge in [-0.2, -0.15) is 0 Å². The second-order valence-corrected chi connectivity index (χ2v) is 3.97. The van der Waals surface area contributed by atoms with Crippen LogP contribution in [0.2, 0.25) is 0 Å². The standard InChI is InChI=1S/C12H16FNO/c1-15-8-11-3-2-9(6-12(11)13)10-4-5-14-7-10/h2-3,6,10,14H,4-5,7-8H2,1H3. The third kappa shape index (κ3) is 2.36. The molecule has 82 valence electrons. The maximum Gasteiger partial charge on any atom is 0.129 e. The summed E-state index contributed by atoms with van der Waals surface area (Å²) in [5.41, 5.74) is 1.73. The van der Waals surface area contributed by atoms with Gasteiger partial charge in [-0.1, -0.05) is 12.1 Å². The van der Waals surface area contributed by atoms with Crippen LogP contribution in [0.4, 0.5) is 4.39 Å².